The molecule has 1 heterocycles. The molecule has 0 radical (unpaired) electrons. The summed E-state index contributed by atoms with van der Waals surface area (Å²) in [5, 5.41) is 0. The van der Waals surface area contributed by atoms with Crippen LogP contribution in [0.2, 0.25) is 0 Å². The maximum Gasteiger partial charge on any atom is 0.214 e. The van der Waals surface area contributed by atoms with Crippen molar-refractivity contribution < 1.29 is 8.42 Å². The molecule has 3 nitrogen and oxygen atoms in total. The molecule has 1 aliphatic heterocycles. The Morgan fingerprint density at radius 1 is 1.12 bits per heavy atom. The summed E-state index contributed by atoms with van der Waals surface area (Å²) in [4.78, 5) is 0. The van der Waals surface area contributed by atoms with E-state index in [1.165, 1.54) is 25.7 Å². The smallest absolute Gasteiger partial charge is 0.212 e. The lowest BCUT2D eigenvalue weighted by Crippen LogP contribution is -2.31. The summed E-state index contributed by atoms with van der Waals surface area (Å²) in [6, 6.07) is 0. The largest absolute Gasteiger partial charge is 0.214 e. The van der Waals surface area contributed by atoms with Crippen LogP contribution in [0.5, 0.6) is 0 Å². The lowest BCUT2D eigenvalue weighted by Gasteiger charge is -2.22. The zero-order valence-corrected chi connectivity index (χ0v) is 11.0. The molecule has 1 aliphatic carbocycles. The molecule has 2 atom stereocenters. The van der Waals surface area contributed by atoms with Crippen molar-refractivity contribution in [2.45, 2.75) is 45.4 Å². The predicted octanol–water partition coefficient (Wildman–Crippen LogP) is 2.24. The molecular formula is C12H23NO2S. The third kappa shape index (κ3) is 2.59. The van der Waals surface area contributed by atoms with Gasteiger partial charge in [0.15, 0.2) is 0 Å². The van der Waals surface area contributed by atoms with Gasteiger partial charge in [-0.05, 0) is 31.1 Å². The Balaban J connectivity index is 1.96. The van der Waals surface area contributed by atoms with Crippen molar-refractivity contribution in [3.8, 4) is 0 Å². The van der Waals surface area contributed by atoms with Gasteiger partial charge in [-0.15, -0.1) is 0 Å². The fourth-order valence-electron chi connectivity index (χ4n) is 3.05. The van der Waals surface area contributed by atoms with Gasteiger partial charge in [-0.1, -0.05) is 26.2 Å². The number of nitrogens with zero attached hydrogens (tertiary/aromatic N) is 1. The monoisotopic (exact) mass is 245 g/mol. The number of rotatable bonds is 4. The van der Waals surface area contributed by atoms with E-state index in [0.717, 1.165) is 25.9 Å². The second-order valence-electron chi connectivity index (χ2n) is 5.29. The summed E-state index contributed by atoms with van der Waals surface area (Å²) in [7, 11) is -2.95. The number of unbranched alkanes of at least 4 members (excludes halogenated alkanes) is 1. The third-order valence-electron chi connectivity index (χ3n) is 4.09. The summed E-state index contributed by atoms with van der Waals surface area (Å²) in [5.74, 6) is 1.67. The quantitative estimate of drug-likeness (QED) is 0.761. The first-order valence-electron chi connectivity index (χ1n) is 6.61. The van der Waals surface area contributed by atoms with E-state index in [1.54, 1.807) is 4.31 Å². The van der Waals surface area contributed by atoms with Gasteiger partial charge in [-0.25, -0.2) is 12.7 Å². The first kappa shape index (κ1) is 12.4. The molecule has 2 fully saturated rings. The normalized spacial score (nSPS) is 31.6. The number of sulfonamides is 1. The van der Waals surface area contributed by atoms with Gasteiger partial charge in [0, 0.05) is 13.1 Å². The van der Waals surface area contributed by atoms with Crippen LogP contribution in [0.1, 0.15) is 45.4 Å². The van der Waals surface area contributed by atoms with Crippen molar-refractivity contribution >= 4 is 10.0 Å². The molecule has 0 N–H and O–H groups in total. The Labute approximate surface area is 99.3 Å². The molecule has 0 aromatic rings. The summed E-state index contributed by atoms with van der Waals surface area (Å²) < 4.78 is 25.9. The van der Waals surface area contributed by atoms with E-state index in [0.29, 0.717) is 17.6 Å². The van der Waals surface area contributed by atoms with Gasteiger partial charge >= 0.3 is 0 Å². The topological polar surface area (TPSA) is 37.4 Å². The predicted molar refractivity (Wildman–Crippen MR) is 65.7 cm³/mol. The van der Waals surface area contributed by atoms with E-state index in [1.807, 2.05) is 6.92 Å². The van der Waals surface area contributed by atoms with Crippen molar-refractivity contribution in [1.82, 2.24) is 4.31 Å². The molecule has 0 aromatic carbocycles. The summed E-state index contributed by atoms with van der Waals surface area (Å²) in [6.45, 7) is 3.65. The highest BCUT2D eigenvalue weighted by atomic mass is 32.2. The molecule has 0 amide bonds. The lowest BCUT2D eigenvalue weighted by atomic mass is 9.82. The standard InChI is InChI=1S/C12H23NO2S/c1-2-3-8-16(14,15)13-9-11-6-4-5-7-12(11)10-13/h11-12H,2-10H2,1H3. The van der Waals surface area contributed by atoms with E-state index < -0.39 is 10.0 Å². The molecule has 2 unspecified atom stereocenters. The second-order valence-corrected chi connectivity index (χ2v) is 7.38. The number of hydrogen-bond donors (Lipinski definition) is 0. The van der Waals surface area contributed by atoms with E-state index in [4.69, 9.17) is 0 Å². The van der Waals surface area contributed by atoms with Crippen molar-refractivity contribution in [2.75, 3.05) is 18.8 Å². The minimum absolute atomic E-state index is 0.350. The molecule has 94 valence electrons. The van der Waals surface area contributed by atoms with Crippen LogP contribution < -0.4 is 0 Å². The van der Waals surface area contributed by atoms with Crippen LogP contribution in [0.4, 0.5) is 0 Å². The molecule has 2 aliphatic rings. The number of hydrogen-bond acceptors (Lipinski definition) is 2. The van der Waals surface area contributed by atoms with Crippen LogP contribution in [0.3, 0.4) is 0 Å². The molecule has 4 heteroatoms. The van der Waals surface area contributed by atoms with Crippen molar-refractivity contribution in [3.05, 3.63) is 0 Å². The molecule has 0 aromatic heterocycles. The van der Waals surface area contributed by atoms with Crippen LogP contribution in [-0.4, -0.2) is 31.6 Å². The maximum atomic E-state index is 12.1. The van der Waals surface area contributed by atoms with Crippen LogP contribution in [-0.2, 0) is 10.0 Å². The van der Waals surface area contributed by atoms with E-state index in [9.17, 15) is 8.42 Å². The van der Waals surface area contributed by atoms with E-state index >= 15 is 0 Å². The Hall–Kier alpha value is -0.0900. The van der Waals surface area contributed by atoms with Gasteiger partial charge in [-0.3, -0.25) is 0 Å². The summed E-state index contributed by atoms with van der Waals surface area (Å²) >= 11 is 0. The molecule has 2 rings (SSSR count). The summed E-state index contributed by atoms with van der Waals surface area (Å²) in [6.07, 6.45) is 6.83. The Bertz CT molecular complexity index is 312. The average molecular weight is 245 g/mol. The Morgan fingerprint density at radius 2 is 1.69 bits per heavy atom. The van der Waals surface area contributed by atoms with Gasteiger partial charge in [0.2, 0.25) is 10.0 Å². The SMILES string of the molecule is CCCCS(=O)(=O)N1CC2CCCCC2C1. The van der Waals surface area contributed by atoms with Gasteiger partial charge in [0.05, 0.1) is 5.75 Å². The highest BCUT2D eigenvalue weighted by molar-refractivity contribution is 7.89. The maximum absolute atomic E-state index is 12.1. The van der Waals surface area contributed by atoms with E-state index in [2.05, 4.69) is 0 Å². The van der Waals surface area contributed by atoms with E-state index in [-0.39, 0.29) is 0 Å². The van der Waals surface area contributed by atoms with Crippen LogP contribution in [0.15, 0.2) is 0 Å². The van der Waals surface area contributed by atoms with Crippen LogP contribution in [0.25, 0.3) is 0 Å². The Kier molecular flexibility index (Phi) is 3.90. The van der Waals surface area contributed by atoms with Crippen LogP contribution in [0, 0.1) is 11.8 Å². The average Bonchev–Trinajstić information content (AvgIpc) is 2.71. The van der Waals surface area contributed by atoms with Gasteiger partial charge < -0.3 is 0 Å². The molecular weight excluding hydrogens is 222 g/mol. The van der Waals surface area contributed by atoms with Crippen molar-refractivity contribution in [3.63, 3.8) is 0 Å². The fourth-order valence-corrected chi connectivity index (χ4v) is 4.79. The Morgan fingerprint density at radius 3 is 2.19 bits per heavy atom. The molecule has 1 saturated carbocycles. The zero-order chi connectivity index (χ0) is 11.6. The zero-order valence-electron chi connectivity index (χ0n) is 10.2. The van der Waals surface area contributed by atoms with Gasteiger partial charge in [0.1, 0.15) is 0 Å². The highest BCUT2D eigenvalue weighted by Crippen LogP contribution is 2.37. The first-order chi connectivity index (χ1) is 7.63. The molecule has 1 saturated heterocycles. The van der Waals surface area contributed by atoms with Gasteiger partial charge in [-0.2, -0.15) is 0 Å². The lowest BCUT2D eigenvalue weighted by molar-refractivity contribution is 0.299. The van der Waals surface area contributed by atoms with Crippen molar-refractivity contribution in [1.29, 1.82) is 0 Å². The third-order valence-corrected chi connectivity index (χ3v) is 5.98. The van der Waals surface area contributed by atoms with Crippen LogP contribution >= 0.6 is 0 Å². The minimum Gasteiger partial charge on any atom is -0.212 e. The first-order valence-corrected chi connectivity index (χ1v) is 8.22. The molecule has 0 bridgehead atoms. The molecule has 0 spiro atoms. The van der Waals surface area contributed by atoms with Gasteiger partial charge in [0.25, 0.3) is 0 Å². The second kappa shape index (κ2) is 5.05. The minimum atomic E-state index is -2.95. The fraction of sp³-hybridized carbons (Fsp3) is 1.00. The highest BCUT2D eigenvalue weighted by Gasteiger charge is 2.38. The van der Waals surface area contributed by atoms with Crippen molar-refractivity contribution in [2.24, 2.45) is 11.8 Å². The molecule has 16 heavy (non-hydrogen) atoms. The summed E-state index contributed by atoms with van der Waals surface area (Å²) in [5.41, 5.74) is 0. The number of fused-ring (bicyclic) bond motifs is 1.